The zero-order chi connectivity index (χ0) is 21.3. The van der Waals surface area contributed by atoms with Crippen LogP contribution in [0.4, 0.5) is 17.1 Å². The van der Waals surface area contributed by atoms with E-state index in [2.05, 4.69) is 29.2 Å². The Morgan fingerprint density at radius 1 is 0.800 bits per heavy atom. The lowest BCUT2D eigenvalue weighted by molar-refractivity contribution is -0.00227. The Morgan fingerprint density at radius 3 is 1.63 bits per heavy atom. The molecule has 1 aliphatic heterocycles. The van der Waals surface area contributed by atoms with E-state index < -0.39 is 5.60 Å². The Hall–Kier alpha value is -3.02. The zero-order valence-electron chi connectivity index (χ0n) is 17.2. The molecule has 3 aromatic rings. The number of hydrogen-bond donors (Lipinski definition) is 4. The largest absolute Gasteiger partial charge is 0.399 e. The first-order valence-corrected chi connectivity index (χ1v) is 10.3. The van der Waals surface area contributed by atoms with Crippen molar-refractivity contribution in [2.75, 3.05) is 23.0 Å². The van der Waals surface area contributed by atoms with Gasteiger partial charge in [-0.15, -0.1) is 0 Å². The summed E-state index contributed by atoms with van der Waals surface area (Å²) < 4.78 is 0. The Kier molecular flexibility index (Phi) is 5.41. The minimum absolute atomic E-state index is 0.220. The summed E-state index contributed by atoms with van der Waals surface area (Å²) in [5.41, 5.74) is 16.3. The normalized spacial score (nSPS) is 20.8. The summed E-state index contributed by atoms with van der Waals surface area (Å²) in [4.78, 5) is 2.44. The molecule has 0 spiro atoms. The lowest BCUT2D eigenvalue weighted by Crippen LogP contribution is -2.27. The van der Waals surface area contributed by atoms with Gasteiger partial charge in [-0.3, -0.25) is 0 Å². The topological polar surface area (TPSA) is 95.7 Å². The molecule has 0 amide bonds. The molecule has 0 bridgehead atoms. The van der Waals surface area contributed by atoms with Gasteiger partial charge < -0.3 is 26.6 Å². The Bertz CT molecular complexity index is 929. The van der Waals surface area contributed by atoms with Gasteiger partial charge in [0, 0.05) is 17.1 Å². The molecule has 156 valence electrons. The van der Waals surface area contributed by atoms with E-state index in [1.165, 1.54) is 11.1 Å². The molecule has 3 atom stereocenters. The molecule has 30 heavy (non-hydrogen) atoms. The van der Waals surface area contributed by atoms with Crippen molar-refractivity contribution in [1.29, 1.82) is 0 Å². The van der Waals surface area contributed by atoms with E-state index in [9.17, 15) is 10.2 Å². The van der Waals surface area contributed by atoms with Crippen LogP contribution in [0, 0.1) is 0 Å². The maximum absolute atomic E-state index is 10.4. The first-order chi connectivity index (χ1) is 14.4. The second-order valence-electron chi connectivity index (χ2n) is 8.33. The number of nitrogens with zero attached hydrogens (tertiary/aromatic N) is 1. The van der Waals surface area contributed by atoms with Gasteiger partial charge in [0.25, 0.3) is 0 Å². The van der Waals surface area contributed by atoms with Crippen LogP contribution in [0.25, 0.3) is 0 Å². The summed E-state index contributed by atoms with van der Waals surface area (Å²) in [6, 6.07) is 24.5. The van der Waals surface area contributed by atoms with E-state index in [0.717, 1.165) is 29.9 Å². The monoisotopic (exact) mass is 403 g/mol. The fraction of sp³-hybridized carbons (Fsp3) is 0.280. The number of hydrogen-bond acceptors (Lipinski definition) is 5. The number of aliphatic hydroxyl groups excluding tert-OH is 1. The average molecular weight is 404 g/mol. The van der Waals surface area contributed by atoms with E-state index in [1.54, 1.807) is 6.92 Å². The second-order valence-corrected chi connectivity index (χ2v) is 8.33. The molecule has 5 nitrogen and oxygen atoms in total. The van der Waals surface area contributed by atoms with E-state index in [0.29, 0.717) is 5.56 Å². The van der Waals surface area contributed by atoms with Crippen molar-refractivity contribution in [3.05, 3.63) is 89.5 Å². The molecule has 1 heterocycles. The summed E-state index contributed by atoms with van der Waals surface area (Å²) in [6.45, 7) is 1.30. The molecule has 0 saturated carbocycles. The lowest BCUT2D eigenvalue weighted by atomic mass is 9.96. The molecule has 3 aromatic carbocycles. The van der Waals surface area contributed by atoms with Crippen molar-refractivity contribution < 1.29 is 10.2 Å². The molecule has 6 N–H and O–H groups in total. The van der Waals surface area contributed by atoms with Crippen molar-refractivity contribution >= 4 is 17.1 Å². The average Bonchev–Trinajstić information content (AvgIpc) is 3.20. The number of anilines is 3. The fourth-order valence-corrected chi connectivity index (χ4v) is 4.35. The number of rotatable bonds is 5. The lowest BCUT2D eigenvalue weighted by Gasteiger charge is -2.34. The van der Waals surface area contributed by atoms with Crippen LogP contribution < -0.4 is 16.4 Å². The van der Waals surface area contributed by atoms with Gasteiger partial charge in [-0.05, 0) is 72.9 Å². The molecule has 1 fully saturated rings. The summed E-state index contributed by atoms with van der Waals surface area (Å²) in [6.07, 6.45) is 2.05. The van der Waals surface area contributed by atoms with Gasteiger partial charge in [0.2, 0.25) is 0 Å². The molecule has 1 aliphatic rings. The molecule has 0 aliphatic carbocycles. The number of benzene rings is 3. The highest BCUT2D eigenvalue weighted by molar-refractivity contribution is 5.56. The highest BCUT2D eigenvalue weighted by Crippen LogP contribution is 2.47. The van der Waals surface area contributed by atoms with Crippen molar-refractivity contribution in [1.82, 2.24) is 0 Å². The molecule has 1 saturated heterocycles. The summed E-state index contributed by atoms with van der Waals surface area (Å²) >= 11 is 0. The molecule has 1 unspecified atom stereocenters. The van der Waals surface area contributed by atoms with Crippen LogP contribution in [0.3, 0.4) is 0 Å². The van der Waals surface area contributed by atoms with Gasteiger partial charge >= 0.3 is 0 Å². The Labute approximate surface area is 177 Å². The van der Waals surface area contributed by atoms with Crippen LogP contribution in [-0.2, 0) is 5.60 Å². The van der Waals surface area contributed by atoms with Crippen LogP contribution in [0.2, 0.25) is 0 Å². The zero-order valence-corrected chi connectivity index (χ0v) is 17.2. The van der Waals surface area contributed by atoms with Crippen LogP contribution in [0.1, 0.15) is 48.5 Å². The summed E-state index contributed by atoms with van der Waals surface area (Å²) in [7, 11) is 0. The summed E-state index contributed by atoms with van der Waals surface area (Å²) in [5, 5.41) is 19.8. The quantitative estimate of drug-likeness (QED) is 0.480. The molecular formula is C25H29N3O2. The predicted octanol–water partition coefficient (Wildman–Crippen LogP) is 4.13. The molecule has 0 radical (unpaired) electrons. The molecule has 0 aromatic heterocycles. The summed E-state index contributed by atoms with van der Waals surface area (Å²) in [5.74, 6) is 0. The fourth-order valence-electron chi connectivity index (χ4n) is 4.35. The van der Waals surface area contributed by atoms with Gasteiger partial charge in [0.05, 0.1) is 18.7 Å². The molecular weight excluding hydrogens is 374 g/mol. The second kappa shape index (κ2) is 8.01. The van der Waals surface area contributed by atoms with Gasteiger partial charge in [0.1, 0.15) is 5.60 Å². The SMILES string of the molecule is CC(O)(CO)c1ccc(N2[C@H](c3ccc(N)cc3)CC[C@H]2c2ccc(N)cc2)cc1. The highest BCUT2D eigenvalue weighted by atomic mass is 16.3. The third-order valence-corrected chi connectivity index (χ3v) is 6.12. The van der Waals surface area contributed by atoms with Crippen LogP contribution in [0.5, 0.6) is 0 Å². The smallest absolute Gasteiger partial charge is 0.110 e. The van der Waals surface area contributed by atoms with Crippen molar-refractivity contribution in [3.63, 3.8) is 0 Å². The molecule has 4 rings (SSSR count). The number of nitrogen functional groups attached to an aromatic ring is 2. The minimum Gasteiger partial charge on any atom is -0.399 e. The van der Waals surface area contributed by atoms with Crippen LogP contribution in [0.15, 0.2) is 72.8 Å². The van der Waals surface area contributed by atoms with Crippen molar-refractivity contribution in [3.8, 4) is 0 Å². The van der Waals surface area contributed by atoms with E-state index in [-0.39, 0.29) is 18.7 Å². The predicted molar refractivity (Wildman–Crippen MR) is 122 cm³/mol. The van der Waals surface area contributed by atoms with E-state index >= 15 is 0 Å². The number of aliphatic hydroxyl groups is 2. The van der Waals surface area contributed by atoms with Crippen molar-refractivity contribution in [2.45, 2.75) is 37.5 Å². The third kappa shape index (κ3) is 3.86. The van der Waals surface area contributed by atoms with E-state index in [4.69, 9.17) is 11.5 Å². The third-order valence-electron chi connectivity index (χ3n) is 6.12. The maximum Gasteiger partial charge on any atom is 0.110 e. The highest BCUT2D eigenvalue weighted by Gasteiger charge is 2.35. The minimum atomic E-state index is -1.25. The van der Waals surface area contributed by atoms with Gasteiger partial charge in [-0.2, -0.15) is 0 Å². The standard InChI is InChI=1S/C25H29N3O2/c1-25(30,16-29)19-6-12-22(13-7-19)28-23(17-2-8-20(26)9-3-17)14-15-24(28)18-4-10-21(27)11-5-18/h2-13,23-24,29-30H,14-16,26-27H2,1H3/t23-,24-,25?/m0/s1. The first-order valence-electron chi connectivity index (χ1n) is 10.3. The van der Waals surface area contributed by atoms with Gasteiger partial charge in [-0.25, -0.2) is 0 Å². The van der Waals surface area contributed by atoms with Gasteiger partial charge in [0.15, 0.2) is 0 Å². The Morgan fingerprint density at radius 2 is 1.23 bits per heavy atom. The van der Waals surface area contributed by atoms with Gasteiger partial charge in [-0.1, -0.05) is 36.4 Å². The van der Waals surface area contributed by atoms with Crippen LogP contribution in [-0.4, -0.2) is 16.8 Å². The maximum atomic E-state index is 10.4. The Balaban J connectivity index is 1.74. The molecule has 5 heteroatoms. The van der Waals surface area contributed by atoms with E-state index in [1.807, 2.05) is 48.5 Å². The number of nitrogens with two attached hydrogens (primary N) is 2. The first kappa shape index (κ1) is 20.3. The van der Waals surface area contributed by atoms with Crippen molar-refractivity contribution in [2.24, 2.45) is 0 Å². The van der Waals surface area contributed by atoms with Crippen LogP contribution >= 0.6 is 0 Å².